The first-order chi connectivity index (χ1) is 5.15. The molecule has 1 fully saturated rings. The topological polar surface area (TPSA) is 49.7 Å². The molecule has 1 aliphatic rings. The van der Waals surface area contributed by atoms with E-state index in [0.717, 1.165) is 0 Å². The first-order valence-corrected chi connectivity index (χ1v) is 6.06. The summed E-state index contributed by atoms with van der Waals surface area (Å²) in [7, 11) is -0.154. The zero-order chi connectivity index (χ0) is 8.43. The summed E-state index contributed by atoms with van der Waals surface area (Å²) >= 11 is 0. The molecule has 3 unspecified atom stereocenters. The van der Waals surface area contributed by atoms with E-state index in [4.69, 9.17) is 9.84 Å². The van der Waals surface area contributed by atoms with Gasteiger partial charge in [-0.2, -0.15) is 0 Å². The van der Waals surface area contributed by atoms with Crippen molar-refractivity contribution in [2.75, 3.05) is 19.1 Å². The Morgan fingerprint density at radius 1 is 1.55 bits per heavy atom. The van der Waals surface area contributed by atoms with Crippen LogP contribution >= 0.6 is 10.9 Å². The fraction of sp³-hybridized carbons (Fsp3) is 1.00. The van der Waals surface area contributed by atoms with Crippen molar-refractivity contribution in [2.45, 2.75) is 24.1 Å². The van der Waals surface area contributed by atoms with Gasteiger partial charge in [0.2, 0.25) is 0 Å². The van der Waals surface area contributed by atoms with Gasteiger partial charge >= 0.3 is 0 Å². The second-order valence-electron chi connectivity index (χ2n) is 3.08. The van der Waals surface area contributed by atoms with E-state index in [1.807, 2.05) is 0 Å². The SMILES string of the molecule is C[SH](C)C1CC(O)C(CO)O1. The first kappa shape index (κ1) is 9.32. The van der Waals surface area contributed by atoms with E-state index in [-0.39, 0.29) is 29.0 Å². The second-order valence-corrected chi connectivity index (χ2v) is 5.58. The van der Waals surface area contributed by atoms with Crippen molar-refractivity contribution in [1.82, 2.24) is 0 Å². The number of aliphatic hydroxyl groups excluding tert-OH is 2. The highest BCUT2D eigenvalue weighted by Gasteiger charge is 2.33. The molecular formula is C7H16O3S. The third-order valence-corrected chi connectivity index (χ3v) is 3.44. The number of hydrogen-bond donors (Lipinski definition) is 3. The van der Waals surface area contributed by atoms with E-state index in [9.17, 15) is 5.11 Å². The van der Waals surface area contributed by atoms with Gasteiger partial charge in [0.1, 0.15) is 6.10 Å². The third kappa shape index (κ3) is 2.08. The molecule has 1 aliphatic heterocycles. The average Bonchev–Trinajstić information content (AvgIpc) is 2.31. The van der Waals surface area contributed by atoms with Crippen LogP contribution < -0.4 is 0 Å². The highest BCUT2D eigenvalue weighted by molar-refractivity contribution is 8.16. The number of aliphatic hydroxyl groups is 2. The third-order valence-electron chi connectivity index (χ3n) is 1.96. The minimum Gasteiger partial charge on any atom is -0.394 e. The average molecular weight is 180 g/mol. The standard InChI is InChI=1S/C7H16O3S/c1-11(2)7-3-5(9)6(4-8)10-7/h5-9,11H,3-4H2,1-2H3. The van der Waals surface area contributed by atoms with Crippen LogP contribution in [0.5, 0.6) is 0 Å². The molecule has 0 bridgehead atoms. The monoisotopic (exact) mass is 180 g/mol. The van der Waals surface area contributed by atoms with Gasteiger partial charge in [-0.15, -0.1) is 0 Å². The van der Waals surface area contributed by atoms with E-state index in [0.29, 0.717) is 6.42 Å². The molecular weight excluding hydrogens is 164 g/mol. The molecule has 3 atom stereocenters. The summed E-state index contributed by atoms with van der Waals surface area (Å²) in [4.78, 5) is 0. The maximum atomic E-state index is 9.33. The van der Waals surface area contributed by atoms with Crippen LogP contribution in [0.2, 0.25) is 0 Å². The molecule has 0 radical (unpaired) electrons. The summed E-state index contributed by atoms with van der Waals surface area (Å²) in [6.45, 7) is -0.0686. The molecule has 0 aliphatic carbocycles. The largest absolute Gasteiger partial charge is 0.394 e. The van der Waals surface area contributed by atoms with Gasteiger partial charge in [0.05, 0.1) is 18.1 Å². The quantitative estimate of drug-likeness (QED) is 0.512. The molecule has 11 heavy (non-hydrogen) atoms. The lowest BCUT2D eigenvalue weighted by atomic mass is 10.2. The Morgan fingerprint density at radius 2 is 2.18 bits per heavy atom. The molecule has 3 nitrogen and oxygen atoms in total. The van der Waals surface area contributed by atoms with Gasteiger partial charge in [0.25, 0.3) is 0 Å². The second kappa shape index (κ2) is 3.76. The maximum absolute atomic E-state index is 9.33. The first-order valence-electron chi connectivity index (χ1n) is 3.76. The minimum absolute atomic E-state index is 0.0686. The van der Waals surface area contributed by atoms with Crippen molar-refractivity contribution < 1.29 is 14.9 Å². The van der Waals surface area contributed by atoms with Crippen molar-refractivity contribution in [1.29, 1.82) is 0 Å². The summed E-state index contributed by atoms with van der Waals surface area (Å²) in [6.07, 6.45) is 4.11. The van der Waals surface area contributed by atoms with E-state index in [2.05, 4.69) is 12.5 Å². The van der Waals surface area contributed by atoms with Gasteiger partial charge in [-0.05, 0) is 12.5 Å². The van der Waals surface area contributed by atoms with Gasteiger partial charge in [-0.1, -0.05) is 0 Å². The summed E-state index contributed by atoms with van der Waals surface area (Å²) in [5, 5.41) is 18.1. The molecule has 1 saturated heterocycles. The molecule has 1 rings (SSSR count). The van der Waals surface area contributed by atoms with Crippen LogP contribution in [-0.4, -0.2) is 47.0 Å². The van der Waals surface area contributed by atoms with Crippen molar-refractivity contribution in [3.8, 4) is 0 Å². The van der Waals surface area contributed by atoms with Crippen molar-refractivity contribution in [3.63, 3.8) is 0 Å². The Balaban J connectivity index is 2.43. The normalized spacial score (nSPS) is 39.3. The summed E-state index contributed by atoms with van der Waals surface area (Å²) in [5.74, 6) is 0. The van der Waals surface area contributed by atoms with Crippen LogP contribution in [-0.2, 0) is 4.74 Å². The van der Waals surface area contributed by atoms with Gasteiger partial charge in [0, 0.05) is 6.42 Å². The highest BCUT2D eigenvalue weighted by atomic mass is 32.2. The Hall–Kier alpha value is 0.230. The van der Waals surface area contributed by atoms with Crippen LogP contribution in [0.1, 0.15) is 6.42 Å². The lowest BCUT2D eigenvalue weighted by molar-refractivity contribution is -0.00275. The summed E-state index contributed by atoms with van der Waals surface area (Å²) < 4.78 is 5.41. The van der Waals surface area contributed by atoms with Gasteiger partial charge in [-0.3, -0.25) is 0 Å². The fourth-order valence-electron chi connectivity index (χ4n) is 1.20. The lowest BCUT2D eigenvalue weighted by Gasteiger charge is -2.18. The zero-order valence-corrected chi connectivity index (χ0v) is 7.79. The maximum Gasteiger partial charge on any atom is 0.108 e. The van der Waals surface area contributed by atoms with E-state index < -0.39 is 6.10 Å². The van der Waals surface area contributed by atoms with Gasteiger partial charge in [0.15, 0.2) is 0 Å². The van der Waals surface area contributed by atoms with Crippen molar-refractivity contribution in [2.24, 2.45) is 0 Å². The number of ether oxygens (including phenoxy) is 1. The molecule has 0 saturated carbocycles. The zero-order valence-electron chi connectivity index (χ0n) is 6.90. The number of thiol groups is 1. The molecule has 4 heteroatoms. The van der Waals surface area contributed by atoms with E-state index >= 15 is 0 Å². The predicted octanol–water partition coefficient (Wildman–Crippen LogP) is -0.285. The van der Waals surface area contributed by atoms with Gasteiger partial charge < -0.3 is 14.9 Å². The fourth-order valence-corrected chi connectivity index (χ4v) is 2.24. The Labute approximate surface area is 69.7 Å². The van der Waals surface area contributed by atoms with Crippen LogP contribution in [0.15, 0.2) is 0 Å². The molecule has 1 heterocycles. The molecule has 2 N–H and O–H groups in total. The molecule has 68 valence electrons. The van der Waals surface area contributed by atoms with Crippen LogP contribution in [0.4, 0.5) is 0 Å². The van der Waals surface area contributed by atoms with Crippen molar-refractivity contribution >= 4 is 10.9 Å². The summed E-state index contributed by atoms with van der Waals surface area (Å²) in [5.41, 5.74) is 0.178. The molecule has 0 spiro atoms. The van der Waals surface area contributed by atoms with Crippen LogP contribution in [0.25, 0.3) is 0 Å². The number of rotatable bonds is 2. The Bertz CT molecular complexity index is 129. The molecule has 0 aromatic carbocycles. The summed E-state index contributed by atoms with van der Waals surface area (Å²) in [6, 6.07) is 0. The van der Waals surface area contributed by atoms with Crippen LogP contribution in [0.3, 0.4) is 0 Å². The van der Waals surface area contributed by atoms with Crippen LogP contribution in [0, 0.1) is 0 Å². The molecule has 0 aromatic rings. The van der Waals surface area contributed by atoms with Crippen molar-refractivity contribution in [3.05, 3.63) is 0 Å². The molecule has 0 aromatic heterocycles. The lowest BCUT2D eigenvalue weighted by Crippen LogP contribution is -2.24. The minimum atomic E-state index is -0.463. The Kier molecular flexibility index (Phi) is 3.18. The predicted molar refractivity (Wildman–Crippen MR) is 47.2 cm³/mol. The Morgan fingerprint density at radius 3 is 2.45 bits per heavy atom. The highest BCUT2D eigenvalue weighted by Crippen LogP contribution is 2.34. The van der Waals surface area contributed by atoms with Gasteiger partial charge in [-0.25, -0.2) is 10.9 Å². The van der Waals surface area contributed by atoms with E-state index in [1.54, 1.807) is 0 Å². The van der Waals surface area contributed by atoms with E-state index in [1.165, 1.54) is 0 Å². The number of hydrogen-bond acceptors (Lipinski definition) is 3. The molecule has 0 amide bonds. The smallest absolute Gasteiger partial charge is 0.108 e.